The van der Waals surface area contributed by atoms with Crippen LogP contribution in [0.25, 0.3) is 114 Å². The summed E-state index contributed by atoms with van der Waals surface area (Å²) in [7, 11) is 0. The summed E-state index contributed by atoms with van der Waals surface area (Å²) >= 11 is 3.55. The Labute approximate surface area is 364 Å². The predicted molar refractivity (Wildman–Crippen MR) is 260 cm³/mol. The quantitative estimate of drug-likeness (QED) is 0.173. The maximum Gasteiger partial charge on any atom is 0.238 e. The van der Waals surface area contributed by atoms with Gasteiger partial charge in [-0.25, -0.2) is 9.97 Å². The van der Waals surface area contributed by atoms with Crippen molar-refractivity contribution in [3.8, 4) is 50.4 Å². The molecule has 0 amide bonds. The van der Waals surface area contributed by atoms with E-state index in [1.807, 2.05) is 18.2 Å². The van der Waals surface area contributed by atoms with E-state index in [1.165, 1.54) is 52.7 Å². The highest BCUT2D eigenvalue weighted by molar-refractivity contribution is 7.25. The number of para-hydroxylation sites is 2. The summed E-state index contributed by atoms with van der Waals surface area (Å²) < 4.78 is 5.94. The zero-order valence-electron chi connectivity index (χ0n) is 33.2. The molecule has 0 saturated carbocycles. The largest absolute Gasteiger partial charge is 0.277 e. The third-order valence-electron chi connectivity index (χ3n) is 12.2. The normalized spacial score (nSPS) is 12.5. The molecule has 0 fully saturated rings. The van der Waals surface area contributed by atoms with Crippen molar-refractivity contribution in [2.24, 2.45) is 0 Å². The first-order chi connectivity index (χ1) is 30.7. The molecule has 4 aromatic heterocycles. The van der Waals surface area contributed by atoms with Gasteiger partial charge in [0.15, 0.2) is 11.6 Å². The van der Waals surface area contributed by atoms with Crippen molar-refractivity contribution in [2.75, 3.05) is 0 Å². The van der Waals surface area contributed by atoms with Gasteiger partial charge in [-0.15, -0.1) is 22.7 Å². The van der Waals surface area contributed by atoms with Gasteiger partial charge >= 0.3 is 0 Å². The molecule has 1 aliphatic carbocycles. The molecule has 8 aromatic carbocycles. The number of hydrogen-bond donors (Lipinski definition) is 0. The van der Waals surface area contributed by atoms with E-state index in [0.29, 0.717) is 17.6 Å². The SMILES string of the molecule is C1=C(c2ccccc2-c2nc3ccccc3s2)Cc2ccccc2-c2ccc3c4ccccc4n(-c4nc(-c5ccccc5)nc(-c5ccc6c(c5)sc5ccccc56)n4)c3c21. The van der Waals surface area contributed by atoms with Crippen LogP contribution < -0.4 is 0 Å². The van der Waals surface area contributed by atoms with Gasteiger partial charge in [0.25, 0.3) is 0 Å². The zero-order valence-corrected chi connectivity index (χ0v) is 34.8. The highest BCUT2D eigenvalue weighted by Crippen LogP contribution is 2.45. The number of thiophene rings is 1. The summed E-state index contributed by atoms with van der Waals surface area (Å²) in [5, 5.41) is 5.81. The van der Waals surface area contributed by atoms with Gasteiger partial charge in [0.05, 0.1) is 21.3 Å². The molecule has 4 heterocycles. The van der Waals surface area contributed by atoms with E-state index in [9.17, 15) is 0 Å². The van der Waals surface area contributed by atoms with Gasteiger partial charge in [0.1, 0.15) is 5.01 Å². The van der Waals surface area contributed by atoms with Gasteiger partial charge in [0, 0.05) is 53.2 Å². The standard InChI is InChI=1S/C55H33N5S2/c1-2-14-33(15-3-1)52-57-53(35-26-27-42-41-20-9-12-24-48(41)61-50(42)32-35)59-55(58-52)60-47-23-11-8-19-40(47)43-29-28-39-37-17-5-4-16-34(37)30-36(31-45(39)51(43)60)38-18-6-7-21-44(38)54-56-46-22-10-13-25-49(46)62-54/h1-29,31-32H,30H2. The van der Waals surface area contributed by atoms with E-state index >= 15 is 0 Å². The van der Waals surface area contributed by atoms with Crippen LogP contribution in [-0.4, -0.2) is 24.5 Å². The lowest BCUT2D eigenvalue weighted by Crippen LogP contribution is -2.07. The van der Waals surface area contributed by atoms with Gasteiger partial charge in [-0.3, -0.25) is 4.57 Å². The van der Waals surface area contributed by atoms with Gasteiger partial charge in [-0.1, -0.05) is 152 Å². The van der Waals surface area contributed by atoms with Crippen molar-refractivity contribution in [3.05, 3.63) is 199 Å². The van der Waals surface area contributed by atoms with Gasteiger partial charge < -0.3 is 0 Å². The van der Waals surface area contributed by atoms with Gasteiger partial charge in [-0.2, -0.15) is 9.97 Å². The third-order valence-corrected chi connectivity index (χ3v) is 14.4. The van der Waals surface area contributed by atoms with Crippen LogP contribution in [0.3, 0.4) is 0 Å². The minimum absolute atomic E-state index is 0.576. The molecule has 0 aliphatic heterocycles. The van der Waals surface area contributed by atoms with E-state index < -0.39 is 0 Å². The van der Waals surface area contributed by atoms with Crippen molar-refractivity contribution >= 4 is 86.5 Å². The molecule has 0 atom stereocenters. The van der Waals surface area contributed by atoms with Crippen LogP contribution >= 0.6 is 22.7 Å². The molecule has 1 aliphatic rings. The molecule has 0 radical (unpaired) electrons. The van der Waals surface area contributed by atoms with E-state index in [4.69, 9.17) is 19.9 Å². The lowest BCUT2D eigenvalue weighted by molar-refractivity contribution is 0.953. The molecule has 13 rings (SSSR count). The van der Waals surface area contributed by atoms with Crippen LogP contribution in [0.5, 0.6) is 0 Å². The average molecular weight is 828 g/mol. The van der Waals surface area contributed by atoms with Crippen LogP contribution in [0.2, 0.25) is 0 Å². The van der Waals surface area contributed by atoms with Crippen LogP contribution in [0.15, 0.2) is 182 Å². The molecule has 0 bridgehead atoms. The Bertz CT molecular complexity index is 3770. The number of fused-ring (bicyclic) bond motifs is 11. The van der Waals surface area contributed by atoms with Gasteiger partial charge in [0.2, 0.25) is 5.95 Å². The third kappa shape index (κ3) is 5.59. The fourth-order valence-electron chi connectivity index (χ4n) is 9.32. The van der Waals surface area contributed by atoms with E-state index in [2.05, 4.69) is 174 Å². The Morgan fingerprint density at radius 2 is 1.11 bits per heavy atom. The van der Waals surface area contributed by atoms with Crippen LogP contribution in [0.1, 0.15) is 16.7 Å². The molecule has 0 saturated heterocycles. The molecule has 7 heteroatoms. The van der Waals surface area contributed by atoms with Crippen molar-refractivity contribution in [1.82, 2.24) is 24.5 Å². The van der Waals surface area contributed by atoms with Crippen LogP contribution in [0.4, 0.5) is 0 Å². The lowest BCUT2D eigenvalue weighted by Gasteiger charge is -2.14. The number of hydrogen-bond acceptors (Lipinski definition) is 6. The van der Waals surface area contributed by atoms with Gasteiger partial charge in [-0.05, 0) is 70.7 Å². The van der Waals surface area contributed by atoms with E-state index in [-0.39, 0.29) is 0 Å². The number of rotatable bonds is 5. The molecule has 0 unspecified atom stereocenters. The summed E-state index contributed by atoms with van der Waals surface area (Å²) in [5.74, 6) is 1.83. The summed E-state index contributed by atoms with van der Waals surface area (Å²) in [4.78, 5) is 21.1. The molecule has 0 N–H and O–H groups in total. The number of aromatic nitrogens is 5. The number of nitrogens with zero attached hydrogens (tertiary/aromatic N) is 5. The first-order valence-corrected chi connectivity index (χ1v) is 22.4. The zero-order chi connectivity index (χ0) is 40.7. The Hall–Kier alpha value is -7.58. The summed E-state index contributed by atoms with van der Waals surface area (Å²) in [6, 6.07) is 64.7. The smallest absolute Gasteiger partial charge is 0.238 e. The summed E-state index contributed by atoms with van der Waals surface area (Å²) in [6.45, 7) is 0. The Morgan fingerprint density at radius 1 is 0.435 bits per heavy atom. The molecule has 62 heavy (non-hydrogen) atoms. The van der Waals surface area contributed by atoms with Crippen molar-refractivity contribution in [3.63, 3.8) is 0 Å². The fourth-order valence-corrected chi connectivity index (χ4v) is 11.5. The Morgan fingerprint density at radius 3 is 1.98 bits per heavy atom. The predicted octanol–water partition coefficient (Wildman–Crippen LogP) is 14.7. The maximum absolute atomic E-state index is 5.42. The highest BCUT2D eigenvalue weighted by atomic mass is 32.1. The van der Waals surface area contributed by atoms with Crippen molar-refractivity contribution < 1.29 is 0 Å². The van der Waals surface area contributed by atoms with Crippen LogP contribution in [-0.2, 0) is 6.42 Å². The Balaban J connectivity index is 1.09. The maximum atomic E-state index is 5.42. The van der Waals surface area contributed by atoms with E-state index in [0.717, 1.165) is 61.0 Å². The molecular formula is C55H33N5S2. The first kappa shape index (κ1) is 35.2. The highest BCUT2D eigenvalue weighted by Gasteiger charge is 2.25. The van der Waals surface area contributed by atoms with Crippen molar-refractivity contribution in [2.45, 2.75) is 6.42 Å². The Kier molecular flexibility index (Phi) is 7.95. The molecule has 5 nitrogen and oxygen atoms in total. The fraction of sp³-hybridized carbons (Fsp3) is 0.0182. The van der Waals surface area contributed by atoms with E-state index in [1.54, 1.807) is 22.7 Å². The van der Waals surface area contributed by atoms with Crippen molar-refractivity contribution in [1.29, 1.82) is 0 Å². The average Bonchev–Trinajstić information content (AvgIpc) is 4.00. The second-order valence-corrected chi connectivity index (χ2v) is 17.9. The second-order valence-electron chi connectivity index (χ2n) is 15.8. The number of allylic oxidation sites excluding steroid dienone is 1. The number of benzene rings is 8. The molecule has 0 spiro atoms. The van der Waals surface area contributed by atoms with Crippen LogP contribution in [0, 0.1) is 0 Å². The lowest BCUT2D eigenvalue weighted by atomic mass is 9.93. The summed E-state index contributed by atoms with van der Waals surface area (Å²) in [6.07, 6.45) is 3.19. The summed E-state index contributed by atoms with van der Waals surface area (Å²) in [5.41, 5.74) is 13.4. The molecular weight excluding hydrogens is 795 g/mol. The minimum atomic E-state index is 0.576. The second kappa shape index (κ2) is 14.0. The minimum Gasteiger partial charge on any atom is -0.277 e. The molecule has 290 valence electrons. The monoisotopic (exact) mass is 827 g/mol. The number of thiazole rings is 1. The molecule has 12 aromatic rings. The first-order valence-electron chi connectivity index (χ1n) is 20.8. The topological polar surface area (TPSA) is 56.5 Å².